The van der Waals surface area contributed by atoms with E-state index in [4.69, 9.17) is 0 Å². The maximum absolute atomic E-state index is 13.1. The van der Waals surface area contributed by atoms with Gasteiger partial charge in [-0.05, 0) is 37.0 Å². The van der Waals surface area contributed by atoms with Crippen LogP contribution in [0, 0.1) is 18.7 Å². The van der Waals surface area contributed by atoms with Gasteiger partial charge < -0.3 is 10.4 Å². The molecule has 0 saturated heterocycles. The number of carbonyl (C=O) groups is 1. The molecule has 0 fully saturated rings. The second-order valence-corrected chi connectivity index (χ2v) is 4.78. The Morgan fingerprint density at radius 3 is 2.53 bits per heavy atom. The highest BCUT2D eigenvalue weighted by atomic mass is 19.1. The average Bonchev–Trinajstić information content (AvgIpc) is 2.40. The van der Waals surface area contributed by atoms with Crippen LogP contribution >= 0.6 is 0 Å². The standard InChI is InChI=1S/C15H22FNO2/c1-4-11(5-2)15(19)17-9-14(18)12-6-7-13(16)10(3)8-12/h6-8,11,14,18H,4-5,9H2,1-3H3,(H,17,19). The first kappa shape index (κ1) is 15.6. The van der Waals surface area contributed by atoms with Crippen molar-refractivity contribution in [2.24, 2.45) is 5.92 Å². The van der Waals surface area contributed by atoms with Crippen LogP contribution in [0.4, 0.5) is 4.39 Å². The molecule has 1 aromatic carbocycles. The minimum Gasteiger partial charge on any atom is -0.387 e. The fraction of sp³-hybridized carbons (Fsp3) is 0.533. The third-order valence-corrected chi connectivity index (χ3v) is 3.39. The summed E-state index contributed by atoms with van der Waals surface area (Å²) in [6, 6.07) is 4.47. The van der Waals surface area contributed by atoms with E-state index in [0.717, 1.165) is 12.8 Å². The Hall–Kier alpha value is -1.42. The molecule has 19 heavy (non-hydrogen) atoms. The number of aryl methyl sites for hydroxylation is 1. The Kier molecular flexibility index (Phi) is 5.96. The van der Waals surface area contributed by atoms with Gasteiger partial charge in [0.1, 0.15) is 5.82 Å². The molecule has 1 unspecified atom stereocenters. The molecule has 0 aromatic heterocycles. The zero-order valence-electron chi connectivity index (χ0n) is 11.7. The maximum Gasteiger partial charge on any atom is 0.223 e. The molecular weight excluding hydrogens is 245 g/mol. The number of nitrogens with one attached hydrogen (secondary N) is 1. The number of hydrogen-bond acceptors (Lipinski definition) is 2. The van der Waals surface area contributed by atoms with Crippen LogP contribution in [-0.4, -0.2) is 17.6 Å². The number of aliphatic hydroxyl groups excluding tert-OH is 1. The Morgan fingerprint density at radius 1 is 1.37 bits per heavy atom. The number of rotatable bonds is 6. The van der Waals surface area contributed by atoms with Crippen molar-refractivity contribution in [1.82, 2.24) is 5.32 Å². The van der Waals surface area contributed by atoms with E-state index in [1.807, 2.05) is 13.8 Å². The van der Waals surface area contributed by atoms with Crippen molar-refractivity contribution in [2.45, 2.75) is 39.7 Å². The van der Waals surface area contributed by atoms with E-state index in [9.17, 15) is 14.3 Å². The van der Waals surface area contributed by atoms with Crippen LogP contribution in [0.1, 0.15) is 43.9 Å². The lowest BCUT2D eigenvalue weighted by atomic mass is 10.0. The minimum atomic E-state index is -0.808. The summed E-state index contributed by atoms with van der Waals surface area (Å²) in [5.41, 5.74) is 1.10. The first-order valence-corrected chi connectivity index (χ1v) is 6.71. The zero-order chi connectivity index (χ0) is 14.4. The van der Waals surface area contributed by atoms with E-state index in [1.54, 1.807) is 13.0 Å². The van der Waals surface area contributed by atoms with Gasteiger partial charge in [0.2, 0.25) is 5.91 Å². The highest BCUT2D eigenvalue weighted by Crippen LogP contribution is 2.16. The van der Waals surface area contributed by atoms with Gasteiger partial charge in [0.25, 0.3) is 0 Å². The molecule has 0 bridgehead atoms. The van der Waals surface area contributed by atoms with Crippen LogP contribution in [0.3, 0.4) is 0 Å². The summed E-state index contributed by atoms with van der Waals surface area (Å²) in [6.45, 7) is 5.73. The lowest BCUT2D eigenvalue weighted by Gasteiger charge is -2.16. The van der Waals surface area contributed by atoms with Gasteiger partial charge in [-0.2, -0.15) is 0 Å². The quantitative estimate of drug-likeness (QED) is 0.832. The van der Waals surface area contributed by atoms with Crippen molar-refractivity contribution in [3.8, 4) is 0 Å². The Morgan fingerprint density at radius 2 is 2.00 bits per heavy atom. The van der Waals surface area contributed by atoms with Crippen LogP contribution in [0.2, 0.25) is 0 Å². The van der Waals surface area contributed by atoms with E-state index in [-0.39, 0.29) is 24.2 Å². The van der Waals surface area contributed by atoms with Gasteiger partial charge in [0.05, 0.1) is 6.10 Å². The van der Waals surface area contributed by atoms with Crippen LogP contribution < -0.4 is 5.32 Å². The van der Waals surface area contributed by atoms with E-state index >= 15 is 0 Å². The normalized spacial score (nSPS) is 12.5. The second kappa shape index (κ2) is 7.24. The van der Waals surface area contributed by atoms with Gasteiger partial charge in [0, 0.05) is 12.5 Å². The molecule has 1 amide bonds. The molecule has 3 nitrogen and oxygen atoms in total. The lowest BCUT2D eigenvalue weighted by Crippen LogP contribution is -2.33. The molecule has 0 aliphatic heterocycles. The number of carbonyl (C=O) groups excluding carboxylic acids is 1. The topological polar surface area (TPSA) is 49.3 Å². The third kappa shape index (κ3) is 4.31. The summed E-state index contributed by atoms with van der Waals surface area (Å²) < 4.78 is 13.1. The zero-order valence-corrected chi connectivity index (χ0v) is 11.7. The first-order chi connectivity index (χ1) is 8.99. The molecule has 0 aliphatic carbocycles. The number of amides is 1. The molecule has 2 N–H and O–H groups in total. The molecule has 0 heterocycles. The Balaban J connectivity index is 2.57. The fourth-order valence-corrected chi connectivity index (χ4v) is 1.99. The molecule has 0 saturated carbocycles. The molecule has 1 rings (SSSR count). The van der Waals surface area contributed by atoms with Crippen molar-refractivity contribution in [2.75, 3.05) is 6.54 Å². The third-order valence-electron chi connectivity index (χ3n) is 3.39. The van der Waals surface area contributed by atoms with Crippen LogP contribution in [0.25, 0.3) is 0 Å². The van der Waals surface area contributed by atoms with Crippen LogP contribution in [-0.2, 0) is 4.79 Å². The van der Waals surface area contributed by atoms with E-state index in [2.05, 4.69) is 5.32 Å². The minimum absolute atomic E-state index is 0.0119. The summed E-state index contributed by atoms with van der Waals surface area (Å²) in [5.74, 6) is -0.345. The van der Waals surface area contributed by atoms with Gasteiger partial charge in [-0.3, -0.25) is 4.79 Å². The van der Waals surface area contributed by atoms with Gasteiger partial charge in [-0.25, -0.2) is 4.39 Å². The van der Waals surface area contributed by atoms with Crippen LogP contribution in [0.15, 0.2) is 18.2 Å². The van der Waals surface area contributed by atoms with Gasteiger partial charge in [-0.1, -0.05) is 26.0 Å². The smallest absolute Gasteiger partial charge is 0.223 e. The molecule has 1 aromatic rings. The van der Waals surface area contributed by atoms with Crippen molar-refractivity contribution in [3.63, 3.8) is 0 Å². The number of aliphatic hydroxyl groups is 1. The summed E-state index contributed by atoms with van der Waals surface area (Å²) >= 11 is 0. The molecule has 106 valence electrons. The van der Waals surface area contributed by atoms with E-state index < -0.39 is 6.10 Å². The van der Waals surface area contributed by atoms with Gasteiger partial charge in [0.15, 0.2) is 0 Å². The van der Waals surface area contributed by atoms with Crippen molar-refractivity contribution >= 4 is 5.91 Å². The number of hydrogen-bond donors (Lipinski definition) is 2. The Bertz CT molecular complexity index is 430. The average molecular weight is 267 g/mol. The van der Waals surface area contributed by atoms with Gasteiger partial charge >= 0.3 is 0 Å². The largest absolute Gasteiger partial charge is 0.387 e. The Labute approximate surface area is 113 Å². The van der Waals surface area contributed by atoms with Crippen molar-refractivity contribution in [3.05, 3.63) is 35.1 Å². The molecule has 0 spiro atoms. The predicted octanol–water partition coefficient (Wildman–Crippen LogP) is 2.72. The molecule has 4 heteroatoms. The van der Waals surface area contributed by atoms with Crippen molar-refractivity contribution in [1.29, 1.82) is 0 Å². The summed E-state index contributed by atoms with van der Waals surface area (Å²) in [4.78, 5) is 11.8. The molecular formula is C15H22FNO2. The lowest BCUT2D eigenvalue weighted by molar-refractivity contribution is -0.125. The second-order valence-electron chi connectivity index (χ2n) is 4.78. The highest BCUT2D eigenvalue weighted by Gasteiger charge is 2.16. The predicted molar refractivity (Wildman–Crippen MR) is 73.2 cm³/mol. The monoisotopic (exact) mass is 267 g/mol. The highest BCUT2D eigenvalue weighted by molar-refractivity contribution is 5.78. The van der Waals surface area contributed by atoms with E-state index in [0.29, 0.717) is 11.1 Å². The maximum atomic E-state index is 13.1. The molecule has 0 radical (unpaired) electrons. The molecule has 1 atom stereocenters. The van der Waals surface area contributed by atoms with Crippen LogP contribution in [0.5, 0.6) is 0 Å². The number of halogens is 1. The first-order valence-electron chi connectivity index (χ1n) is 6.71. The summed E-state index contributed by atoms with van der Waals surface area (Å²) in [5, 5.41) is 12.7. The number of benzene rings is 1. The SMILES string of the molecule is CCC(CC)C(=O)NCC(O)c1ccc(F)c(C)c1. The van der Waals surface area contributed by atoms with Gasteiger partial charge in [-0.15, -0.1) is 0 Å². The van der Waals surface area contributed by atoms with Crippen molar-refractivity contribution < 1.29 is 14.3 Å². The fourth-order valence-electron chi connectivity index (χ4n) is 1.99. The molecule has 0 aliphatic rings. The summed E-state index contributed by atoms with van der Waals surface area (Å²) in [7, 11) is 0. The summed E-state index contributed by atoms with van der Waals surface area (Å²) in [6.07, 6.45) is 0.764. The van der Waals surface area contributed by atoms with E-state index in [1.165, 1.54) is 12.1 Å².